The number of halogens is 3. The topological polar surface area (TPSA) is 29.5 Å². The molecule has 0 aromatic heterocycles. The van der Waals surface area contributed by atoms with E-state index in [2.05, 4.69) is 4.74 Å². The minimum absolute atomic E-state index is 0.188. The van der Waals surface area contributed by atoms with Crippen LogP contribution in [0.1, 0.15) is 11.1 Å². The number of allylic oxidation sites excluding steroid dienone is 2. The molecular formula is C16H12F3NO2. The van der Waals surface area contributed by atoms with E-state index >= 15 is 0 Å². The van der Waals surface area contributed by atoms with E-state index in [1.165, 1.54) is 6.08 Å². The fourth-order valence-corrected chi connectivity index (χ4v) is 2.39. The number of esters is 1. The summed E-state index contributed by atoms with van der Waals surface area (Å²) in [7, 11) is 0. The number of carbonyl (C=O) groups is 1. The Hall–Kier alpha value is -2.50. The van der Waals surface area contributed by atoms with Gasteiger partial charge in [-0.1, -0.05) is 24.3 Å². The average molecular weight is 307 g/mol. The summed E-state index contributed by atoms with van der Waals surface area (Å²) in [6.07, 6.45) is 2.42. The highest BCUT2D eigenvalue weighted by Crippen LogP contribution is 2.32. The standard InChI is InChI=1S/C16H12F3NO2/c17-16(18,19)10-22-15(21)12-5-6-14-13-4-2-1-3-11(13)7-8-20(14)9-12/h1-8H,9-10H2. The lowest BCUT2D eigenvalue weighted by molar-refractivity contribution is -0.183. The van der Waals surface area contributed by atoms with E-state index in [0.29, 0.717) is 0 Å². The van der Waals surface area contributed by atoms with Gasteiger partial charge in [0.1, 0.15) is 0 Å². The van der Waals surface area contributed by atoms with Gasteiger partial charge in [0.15, 0.2) is 6.61 Å². The molecule has 6 heteroatoms. The van der Waals surface area contributed by atoms with Crippen molar-refractivity contribution in [2.45, 2.75) is 6.18 Å². The highest BCUT2D eigenvalue weighted by atomic mass is 19.4. The summed E-state index contributed by atoms with van der Waals surface area (Å²) in [4.78, 5) is 13.5. The molecule has 1 aromatic rings. The van der Waals surface area contributed by atoms with Gasteiger partial charge in [0, 0.05) is 17.5 Å². The van der Waals surface area contributed by atoms with E-state index in [1.54, 1.807) is 12.3 Å². The summed E-state index contributed by atoms with van der Waals surface area (Å²) in [6.45, 7) is -1.38. The van der Waals surface area contributed by atoms with Gasteiger partial charge in [-0.25, -0.2) is 4.79 Å². The van der Waals surface area contributed by atoms with Crippen LogP contribution in [-0.4, -0.2) is 30.2 Å². The Bertz CT molecular complexity index is 702. The van der Waals surface area contributed by atoms with E-state index in [-0.39, 0.29) is 12.1 Å². The van der Waals surface area contributed by atoms with Crippen molar-refractivity contribution in [3.8, 4) is 0 Å². The van der Waals surface area contributed by atoms with Crippen LogP contribution in [0, 0.1) is 0 Å². The van der Waals surface area contributed by atoms with E-state index in [0.717, 1.165) is 16.8 Å². The first-order chi connectivity index (χ1) is 10.4. The number of alkyl halides is 3. The van der Waals surface area contributed by atoms with Crippen LogP contribution in [0.5, 0.6) is 0 Å². The first kappa shape index (κ1) is 14.4. The third-order valence-electron chi connectivity index (χ3n) is 3.39. The molecule has 1 aromatic carbocycles. The van der Waals surface area contributed by atoms with Gasteiger partial charge < -0.3 is 9.64 Å². The minimum Gasteiger partial charge on any atom is -0.453 e. The molecule has 0 fully saturated rings. The molecule has 22 heavy (non-hydrogen) atoms. The summed E-state index contributed by atoms with van der Waals surface area (Å²) >= 11 is 0. The molecule has 0 saturated heterocycles. The first-order valence-electron chi connectivity index (χ1n) is 6.63. The zero-order chi connectivity index (χ0) is 15.7. The van der Waals surface area contributed by atoms with E-state index in [4.69, 9.17) is 0 Å². The first-order valence-corrected chi connectivity index (χ1v) is 6.63. The van der Waals surface area contributed by atoms with Crippen molar-refractivity contribution in [1.82, 2.24) is 4.90 Å². The third kappa shape index (κ3) is 2.90. The smallest absolute Gasteiger partial charge is 0.422 e. The van der Waals surface area contributed by atoms with Crippen LogP contribution in [0.3, 0.4) is 0 Å². The van der Waals surface area contributed by atoms with Crippen molar-refractivity contribution >= 4 is 17.7 Å². The third-order valence-corrected chi connectivity index (χ3v) is 3.39. The lowest BCUT2D eigenvalue weighted by Crippen LogP contribution is -2.29. The van der Waals surface area contributed by atoms with Gasteiger partial charge >= 0.3 is 12.1 Å². The maximum Gasteiger partial charge on any atom is 0.422 e. The number of fused-ring (bicyclic) bond motifs is 3. The van der Waals surface area contributed by atoms with Gasteiger partial charge in [0.05, 0.1) is 12.1 Å². The Labute approximate surface area is 125 Å². The van der Waals surface area contributed by atoms with Gasteiger partial charge in [-0.2, -0.15) is 13.2 Å². The fraction of sp³-hybridized carbons (Fsp3) is 0.188. The molecule has 0 spiro atoms. The predicted molar refractivity (Wildman–Crippen MR) is 75.3 cm³/mol. The molecule has 3 nitrogen and oxygen atoms in total. The SMILES string of the molecule is O=C(OCC(F)(F)F)C1=CC=C2c3ccccc3C=CN2C1. The monoisotopic (exact) mass is 307 g/mol. The molecule has 2 aliphatic rings. The molecule has 0 saturated carbocycles. The quantitative estimate of drug-likeness (QED) is 0.785. The molecule has 0 radical (unpaired) electrons. The van der Waals surface area contributed by atoms with E-state index < -0.39 is 18.8 Å². The predicted octanol–water partition coefficient (Wildman–Crippen LogP) is 3.36. The maximum absolute atomic E-state index is 12.1. The molecule has 0 aliphatic carbocycles. The molecule has 0 unspecified atom stereocenters. The second-order valence-corrected chi connectivity index (χ2v) is 4.97. The van der Waals surface area contributed by atoms with Crippen molar-refractivity contribution in [1.29, 1.82) is 0 Å². The largest absolute Gasteiger partial charge is 0.453 e. The molecule has 114 valence electrons. The van der Waals surface area contributed by atoms with Crippen molar-refractivity contribution in [3.63, 3.8) is 0 Å². The lowest BCUT2D eigenvalue weighted by atomic mass is 9.97. The van der Waals surface area contributed by atoms with Crippen LogP contribution in [0.2, 0.25) is 0 Å². The molecule has 2 aliphatic heterocycles. The summed E-state index contributed by atoms with van der Waals surface area (Å²) in [5.74, 6) is -0.945. The second kappa shape index (κ2) is 5.36. The minimum atomic E-state index is -4.52. The van der Waals surface area contributed by atoms with Crippen LogP contribution in [0.25, 0.3) is 11.8 Å². The van der Waals surface area contributed by atoms with Crippen molar-refractivity contribution in [3.05, 3.63) is 59.3 Å². The molecule has 0 N–H and O–H groups in total. The normalized spacial score (nSPS) is 16.4. The molecule has 0 amide bonds. The number of nitrogens with zero attached hydrogens (tertiary/aromatic N) is 1. The van der Waals surface area contributed by atoms with Crippen LogP contribution in [0.15, 0.2) is 48.2 Å². The van der Waals surface area contributed by atoms with Crippen LogP contribution in [-0.2, 0) is 9.53 Å². The zero-order valence-corrected chi connectivity index (χ0v) is 11.4. The molecule has 0 bridgehead atoms. The maximum atomic E-state index is 12.1. The Morgan fingerprint density at radius 1 is 1.23 bits per heavy atom. The van der Waals surface area contributed by atoms with Gasteiger partial charge in [-0.15, -0.1) is 0 Å². The fourth-order valence-electron chi connectivity index (χ4n) is 2.39. The summed E-state index contributed by atoms with van der Waals surface area (Å²) < 4.78 is 40.5. The molecule has 3 rings (SSSR count). The molecular weight excluding hydrogens is 295 g/mol. The summed E-state index contributed by atoms with van der Waals surface area (Å²) in [5, 5.41) is 0. The Kier molecular flexibility index (Phi) is 3.52. The Morgan fingerprint density at radius 3 is 2.77 bits per heavy atom. The number of hydrogen-bond acceptors (Lipinski definition) is 3. The lowest BCUT2D eigenvalue weighted by Gasteiger charge is -2.31. The van der Waals surface area contributed by atoms with Crippen molar-refractivity contribution in [2.75, 3.05) is 13.2 Å². The van der Waals surface area contributed by atoms with Gasteiger partial charge in [-0.3, -0.25) is 0 Å². The molecule has 0 atom stereocenters. The van der Waals surface area contributed by atoms with Crippen molar-refractivity contribution < 1.29 is 22.7 Å². The van der Waals surface area contributed by atoms with Crippen LogP contribution < -0.4 is 0 Å². The summed E-state index contributed by atoms with van der Waals surface area (Å²) in [6, 6.07) is 7.77. The highest BCUT2D eigenvalue weighted by molar-refractivity contribution is 5.92. The number of rotatable bonds is 2. The Balaban J connectivity index is 1.80. The second-order valence-electron chi connectivity index (χ2n) is 4.97. The van der Waals surface area contributed by atoms with Crippen LogP contribution in [0.4, 0.5) is 13.2 Å². The van der Waals surface area contributed by atoms with E-state index in [1.807, 2.05) is 35.2 Å². The number of benzene rings is 1. The number of ether oxygens (including phenoxy) is 1. The number of hydrogen-bond donors (Lipinski definition) is 0. The van der Waals surface area contributed by atoms with Crippen LogP contribution >= 0.6 is 0 Å². The molecule has 2 heterocycles. The van der Waals surface area contributed by atoms with Crippen molar-refractivity contribution in [2.24, 2.45) is 0 Å². The zero-order valence-electron chi connectivity index (χ0n) is 11.4. The van der Waals surface area contributed by atoms with E-state index in [9.17, 15) is 18.0 Å². The number of carbonyl (C=O) groups excluding carboxylic acids is 1. The average Bonchev–Trinajstić information content (AvgIpc) is 2.51. The Morgan fingerprint density at radius 2 is 2.00 bits per heavy atom. The van der Waals surface area contributed by atoms with Gasteiger partial charge in [-0.05, 0) is 23.8 Å². The van der Waals surface area contributed by atoms with Gasteiger partial charge in [0.2, 0.25) is 0 Å². The highest BCUT2D eigenvalue weighted by Gasteiger charge is 2.31. The van der Waals surface area contributed by atoms with Gasteiger partial charge in [0.25, 0.3) is 0 Å². The summed E-state index contributed by atoms with van der Waals surface area (Å²) in [5.41, 5.74) is 3.17.